The monoisotopic (exact) mass is 339 g/mol. The molecule has 0 aliphatic heterocycles. The van der Waals surface area contributed by atoms with Crippen LogP contribution in [0.1, 0.15) is 35.0 Å². The van der Waals surface area contributed by atoms with Crippen LogP contribution in [0.15, 0.2) is 46.9 Å². The molecule has 0 saturated carbocycles. The van der Waals surface area contributed by atoms with Crippen molar-refractivity contribution in [1.82, 2.24) is 0 Å². The van der Waals surface area contributed by atoms with Gasteiger partial charge in [0.2, 0.25) is 0 Å². The fraction of sp³-hybridized carbons (Fsp3) is 0.211. The lowest BCUT2D eigenvalue weighted by Crippen LogP contribution is -2.03. The summed E-state index contributed by atoms with van der Waals surface area (Å²) in [5.41, 5.74) is 1.20. The van der Waals surface area contributed by atoms with Gasteiger partial charge in [-0.3, -0.25) is 14.9 Å². The van der Waals surface area contributed by atoms with Crippen molar-refractivity contribution >= 4 is 22.4 Å². The summed E-state index contributed by atoms with van der Waals surface area (Å²) in [5, 5.41) is 11.4. The Morgan fingerprint density at radius 1 is 1.20 bits per heavy atom. The van der Waals surface area contributed by atoms with Crippen LogP contribution >= 0.6 is 0 Å². The van der Waals surface area contributed by atoms with Gasteiger partial charge in [0.05, 0.1) is 17.1 Å². The zero-order chi connectivity index (χ0) is 18.0. The summed E-state index contributed by atoms with van der Waals surface area (Å²) in [7, 11) is 0. The topological polar surface area (TPSA) is 82.6 Å². The smallest absolute Gasteiger partial charge is 0.270 e. The summed E-state index contributed by atoms with van der Waals surface area (Å²) < 4.78 is 11.1. The van der Waals surface area contributed by atoms with Crippen molar-refractivity contribution in [2.75, 3.05) is 6.61 Å². The van der Waals surface area contributed by atoms with Crippen molar-refractivity contribution < 1.29 is 18.9 Å². The van der Waals surface area contributed by atoms with Crippen molar-refractivity contribution in [3.63, 3.8) is 0 Å². The molecule has 0 saturated heterocycles. The summed E-state index contributed by atoms with van der Waals surface area (Å²) in [6.45, 7) is 4.31. The van der Waals surface area contributed by atoms with E-state index in [1.807, 2.05) is 6.92 Å². The standard InChI is InChI=1S/C19H17NO5/c1-3-10-24-15-7-4-13(5-8-15)19(21)18-12(2)25-17-9-6-14(20(22)23)11-16(17)18/h4-9,11H,3,10H2,1-2H3. The van der Waals surface area contributed by atoms with Gasteiger partial charge >= 0.3 is 0 Å². The van der Waals surface area contributed by atoms with Gasteiger partial charge in [-0.2, -0.15) is 0 Å². The van der Waals surface area contributed by atoms with E-state index in [1.165, 1.54) is 18.2 Å². The minimum atomic E-state index is -0.490. The lowest BCUT2D eigenvalue weighted by molar-refractivity contribution is -0.384. The molecular formula is C19H17NO5. The van der Waals surface area contributed by atoms with Crippen LogP contribution in [-0.4, -0.2) is 17.3 Å². The van der Waals surface area contributed by atoms with Crippen molar-refractivity contribution in [3.8, 4) is 5.75 Å². The van der Waals surface area contributed by atoms with Gasteiger partial charge in [0.15, 0.2) is 5.78 Å². The van der Waals surface area contributed by atoms with Gasteiger partial charge in [-0.25, -0.2) is 0 Å². The van der Waals surface area contributed by atoms with E-state index in [9.17, 15) is 14.9 Å². The molecule has 0 atom stereocenters. The number of ketones is 1. The molecule has 1 heterocycles. The Labute approximate surface area is 144 Å². The molecule has 6 heteroatoms. The fourth-order valence-corrected chi connectivity index (χ4v) is 2.67. The zero-order valence-electron chi connectivity index (χ0n) is 13.9. The molecule has 0 spiro atoms. The Bertz CT molecular complexity index is 940. The molecule has 0 fully saturated rings. The van der Waals surface area contributed by atoms with Crippen LogP contribution in [0, 0.1) is 17.0 Å². The molecule has 128 valence electrons. The number of carbonyl (C=O) groups is 1. The molecule has 0 bridgehead atoms. The van der Waals surface area contributed by atoms with Crippen molar-refractivity contribution in [2.45, 2.75) is 20.3 Å². The lowest BCUT2D eigenvalue weighted by atomic mass is 10.00. The molecule has 0 amide bonds. The zero-order valence-corrected chi connectivity index (χ0v) is 13.9. The third-order valence-electron chi connectivity index (χ3n) is 3.87. The molecule has 1 aromatic heterocycles. The lowest BCUT2D eigenvalue weighted by Gasteiger charge is -2.05. The van der Waals surface area contributed by atoms with Gasteiger partial charge in [0.25, 0.3) is 5.69 Å². The highest BCUT2D eigenvalue weighted by atomic mass is 16.6. The molecule has 3 rings (SSSR count). The highest BCUT2D eigenvalue weighted by molar-refractivity contribution is 6.17. The minimum absolute atomic E-state index is 0.0781. The fourth-order valence-electron chi connectivity index (χ4n) is 2.67. The average Bonchev–Trinajstić information content (AvgIpc) is 2.94. The summed E-state index contributed by atoms with van der Waals surface area (Å²) in [4.78, 5) is 23.4. The third kappa shape index (κ3) is 3.24. The molecule has 0 N–H and O–H groups in total. The maximum absolute atomic E-state index is 12.9. The molecule has 3 aromatic rings. The van der Waals surface area contributed by atoms with E-state index in [4.69, 9.17) is 9.15 Å². The summed E-state index contributed by atoms with van der Waals surface area (Å²) in [6, 6.07) is 11.1. The average molecular weight is 339 g/mol. The maximum atomic E-state index is 12.9. The number of benzene rings is 2. The number of non-ortho nitro benzene ring substituents is 1. The van der Waals surface area contributed by atoms with Gasteiger partial charge in [-0.05, 0) is 43.7 Å². The first-order valence-electron chi connectivity index (χ1n) is 7.96. The second kappa shape index (κ2) is 6.76. The second-order valence-electron chi connectivity index (χ2n) is 5.67. The molecule has 0 unspecified atom stereocenters. The van der Waals surface area contributed by atoms with Crippen molar-refractivity contribution in [1.29, 1.82) is 0 Å². The number of nitro benzene ring substituents is 1. The highest BCUT2D eigenvalue weighted by Gasteiger charge is 2.21. The minimum Gasteiger partial charge on any atom is -0.494 e. The highest BCUT2D eigenvalue weighted by Crippen LogP contribution is 2.31. The van der Waals surface area contributed by atoms with E-state index < -0.39 is 4.92 Å². The van der Waals surface area contributed by atoms with E-state index >= 15 is 0 Å². The molecule has 6 nitrogen and oxygen atoms in total. The van der Waals surface area contributed by atoms with Crippen LogP contribution in [0.4, 0.5) is 5.69 Å². The Morgan fingerprint density at radius 2 is 1.92 bits per heavy atom. The first kappa shape index (κ1) is 16.7. The number of furan rings is 1. The first-order valence-corrected chi connectivity index (χ1v) is 7.96. The Hall–Kier alpha value is -3.15. The van der Waals surface area contributed by atoms with Gasteiger partial charge in [-0.1, -0.05) is 6.92 Å². The van der Waals surface area contributed by atoms with Crippen LogP contribution in [0.2, 0.25) is 0 Å². The van der Waals surface area contributed by atoms with Crippen LogP contribution in [-0.2, 0) is 0 Å². The molecular weight excluding hydrogens is 322 g/mol. The predicted octanol–water partition coefficient (Wildman–Crippen LogP) is 4.67. The molecule has 2 aromatic carbocycles. The second-order valence-corrected chi connectivity index (χ2v) is 5.67. The Morgan fingerprint density at radius 3 is 2.56 bits per heavy atom. The number of hydrogen-bond acceptors (Lipinski definition) is 5. The summed E-state index contributed by atoms with van der Waals surface area (Å²) >= 11 is 0. The number of hydrogen-bond donors (Lipinski definition) is 0. The van der Waals surface area contributed by atoms with Crippen LogP contribution < -0.4 is 4.74 Å². The number of nitrogens with zero attached hydrogens (tertiary/aromatic N) is 1. The van der Waals surface area contributed by atoms with Gasteiger partial charge in [-0.15, -0.1) is 0 Å². The van der Waals surface area contributed by atoms with Gasteiger partial charge < -0.3 is 9.15 Å². The molecule has 0 radical (unpaired) electrons. The van der Waals surface area contributed by atoms with Crippen molar-refractivity contribution in [3.05, 3.63) is 69.5 Å². The number of ether oxygens (including phenoxy) is 1. The summed E-state index contributed by atoms with van der Waals surface area (Å²) in [5.74, 6) is 0.897. The van der Waals surface area contributed by atoms with E-state index in [2.05, 4.69) is 0 Å². The van der Waals surface area contributed by atoms with Crippen LogP contribution in [0.25, 0.3) is 11.0 Å². The predicted molar refractivity (Wildman–Crippen MR) is 93.3 cm³/mol. The first-order chi connectivity index (χ1) is 12.0. The maximum Gasteiger partial charge on any atom is 0.270 e. The Balaban J connectivity index is 2.00. The molecule has 25 heavy (non-hydrogen) atoms. The molecule has 0 aliphatic rings. The number of nitro groups is 1. The van der Waals surface area contributed by atoms with Crippen molar-refractivity contribution in [2.24, 2.45) is 0 Å². The number of fused-ring (bicyclic) bond motifs is 1. The largest absolute Gasteiger partial charge is 0.494 e. The van der Waals surface area contributed by atoms with E-state index in [-0.39, 0.29) is 11.5 Å². The molecule has 0 aliphatic carbocycles. The number of rotatable bonds is 6. The van der Waals surface area contributed by atoms with E-state index in [0.717, 1.165) is 6.42 Å². The number of aryl methyl sites for hydroxylation is 1. The quantitative estimate of drug-likeness (QED) is 0.370. The van der Waals surface area contributed by atoms with Crippen LogP contribution in [0.5, 0.6) is 5.75 Å². The van der Waals surface area contributed by atoms with E-state index in [1.54, 1.807) is 31.2 Å². The Kier molecular flexibility index (Phi) is 4.52. The SMILES string of the molecule is CCCOc1ccc(C(=O)c2c(C)oc3ccc([N+](=O)[O-])cc23)cc1. The third-order valence-corrected chi connectivity index (χ3v) is 3.87. The summed E-state index contributed by atoms with van der Waals surface area (Å²) in [6.07, 6.45) is 0.902. The van der Waals surface area contributed by atoms with Gasteiger partial charge in [0, 0.05) is 23.1 Å². The van der Waals surface area contributed by atoms with Crippen LogP contribution in [0.3, 0.4) is 0 Å². The van der Waals surface area contributed by atoms with E-state index in [0.29, 0.717) is 40.2 Å². The normalized spacial score (nSPS) is 10.8. The number of carbonyl (C=O) groups excluding carboxylic acids is 1. The van der Waals surface area contributed by atoms with Gasteiger partial charge in [0.1, 0.15) is 17.1 Å².